The first-order valence-electron chi connectivity index (χ1n) is 6.03. The van der Waals surface area contributed by atoms with E-state index in [0.29, 0.717) is 10.2 Å². The fraction of sp³-hybridized carbons (Fsp3) is 0.133. The van der Waals surface area contributed by atoms with Crippen LogP contribution < -0.4 is 5.32 Å². The first-order chi connectivity index (χ1) is 9.49. The average Bonchev–Trinajstić information content (AvgIpc) is 2.38. The molecule has 0 spiro atoms. The Morgan fingerprint density at radius 2 is 2.00 bits per heavy atom. The lowest BCUT2D eigenvalue weighted by Crippen LogP contribution is -2.11. The van der Waals surface area contributed by atoms with Gasteiger partial charge >= 0.3 is 5.97 Å². The normalized spacial score (nSPS) is 11.9. The monoisotopic (exact) mass is 337 g/mol. The summed E-state index contributed by atoms with van der Waals surface area (Å²) in [6.07, 6.45) is 0. The second-order valence-corrected chi connectivity index (χ2v) is 5.24. The van der Waals surface area contributed by atoms with Crippen LogP contribution in [0.25, 0.3) is 0 Å². The quantitative estimate of drug-likeness (QED) is 0.865. The maximum absolute atomic E-state index is 13.2. The van der Waals surface area contributed by atoms with Crippen LogP contribution in [0.2, 0.25) is 0 Å². The number of carboxylic acids is 1. The van der Waals surface area contributed by atoms with Gasteiger partial charge in [-0.1, -0.05) is 18.2 Å². The minimum atomic E-state index is -1.02. The molecule has 0 aliphatic carbocycles. The number of anilines is 1. The molecule has 2 N–H and O–H groups in total. The average molecular weight is 338 g/mol. The molecule has 5 heteroatoms. The molecule has 104 valence electrons. The van der Waals surface area contributed by atoms with Crippen LogP contribution in [-0.4, -0.2) is 11.1 Å². The third kappa shape index (κ3) is 3.17. The van der Waals surface area contributed by atoms with Gasteiger partial charge in [0.15, 0.2) is 0 Å². The predicted molar refractivity (Wildman–Crippen MR) is 79.5 cm³/mol. The zero-order chi connectivity index (χ0) is 14.7. The Bertz CT molecular complexity index is 646. The van der Waals surface area contributed by atoms with Gasteiger partial charge in [0.2, 0.25) is 0 Å². The smallest absolute Gasteiger partial charge is 0.338 e. The number of hydrogen-bond donors (Lipinski definition) is 2. The molecule has 2 aromatic rings. The number of carboxylic acid groups (broad SMARTS) is 1. The largest absolute Gasteiger partial charge is 0.478 e. The van der Waals surface area contributed by atoms with Gasteiger partial charge in [0.05, 0.1) is 11.3 Å². The SMILES string of the molecule is CC(Nc1cccc(Br)c1C(=O)O)c1cccc(F)c1. The number of rotatable bonds is 4. The van der Waals surface area contributed by atoms with Crippen LogP contribution in [0.4, 0.5) is 10.1 Å². The van der Waals surface area contributed by atoms with Crippen LogP contribution in [0.3, 0.4) is 0 Å². The van der Waals surface area contributed by atoms with E-state index in [2.05, 4.69) is 21.2 Å². The molecule has 0 saturated heterocycles. The molecule has 0 radical (unpaired) electrons. The minimum Gasteiger partial charge on any atom is -0.478 e. The molecule has 1 atom stereocenters. The molecule has 0 amide bonds. The van der Waals surface area contributed by atoms with Crippen molar-refractivity contribution >= 4 is 27.6 Å². The van der Waals surface area contributed by atoms with Gasteiger partial charge in [-0.25, -0.2) is 9.18 Å². The third-order valence-electron chi connectivity index (χ3n) is 2.95. The number of carbonyl (C=O) groups is 1. The Hall–Kier alpha value is -1.88. The second-order valence-electron chi connectivity index (χ2n) is 4.39. The van der Waals surface area contributed by atoms with Crippen LogP contribution in [0.15, 0.2) is 46.9 Å². The van der Waals surface area contributed by atoms with E-state index in [-0.39, 0.29) is 17.4 Å². The van der Waals surface area contributed by atoms with Gasteiger partial charge in [0.1, 0.15) is 5.82 Å². The van der Waals surface area contributed by atoms with Crippen LogP contribution in [-0.2, 0) is 0 Å². The van der Waals surface area contributed by atoms with Gasteiger partial charge in [-0.15, -0.1) is 0 Å². The zero-order valence-corrected chi connectivity index (χ0v) is 12.3. The fourth-order valence-electron chi connectivity index (χ4n) is 1.95. The lowest BCUT2D eigenvalue weighted by atomic mass is 10.1. The molecule has 0 aromatic heterocycles. The van der Waals surface area contributed by atoms with E-state index in [1.807, 2.05) is 6.92 Å². The zero-order valence-electron chi connectivity index (χ0n) is 10.7. The number of aromatic carboxylic acids is 1. The highest BCUT2D eigenvalue weighted by Crippen LogP contribution is 2.28. The van der Waals surface area contributed by atoms with Crippen molar-refractivity contribution in [3.63, 3.8) is 0 Å². The predicted octanol–water partition coefficient (Wildman–Crippen LogP) is 4.46. The highest BCUT2D eigenvalue weighted by atomic mass is 79.9. The standard InChI is InChI=1S/C15H13BrFNO2/c1-9(10-4-2-5-11(17)8-10)18-13-7-3-6-12(16)14(13)15(19)20/h2-9,18H,1H3,(H,19,20). The van der Waals surface area contributed by atoms with E-state index >= 15 is 0 Å². The van der Waals surface area contributed by atoms with Crippen molar-refractivity contribution in [1.29, 1.82) is 0 Å². The number of benzene rings is 2. The molecule has 1 unspecified atom stereocenters. The molecule has 2 aromatic carbocycles. The van der Waals surface area contributed by atoms with E-state index in [4.69, 9.17) is 0 Å². The van der Waals surface area contributed by atoms with E-state index in [1.54, 1.807) is 30.3 Å². The van der Waals surface area contributed by atoms with Crippen LogP contribution in [0.5, 0.6) is 0 Å². The van der Waals surface area contributed by atoms with Crippen LogP contribution >= 0.6 is 15.9 Å². The maximum atomic E-state index is 13.2. The molecular formula is C15H13BrFNO2. The van der Waals surface area contributed by atoms with Crippen molar-refractivity contribution in [3.8, 4) is 0 Å². The van der Waals surface area contributed by atoms with Gasteiger partial charge in [0, 0.05) is 10.5 Å². The summed E-state index contributed by atoms with van der Waals surface area (Å²) in [4.78, 5) is 11.3. The summed E-state index contributed by atoms with van der Waals surface area (Å²) < 4.78 is 13.7. The Balaban J connectivity index is 2.30. The Morgan fingerprint density at radius 3 is 2.65 bits per heavy atom. The first kappa shape index (κ1) is 14.5. The molecule has 0 fully saturated rings. The summed E-state index contributed by atoms with van der Waals surface area (Å²) in [6.45, 7) is 1.85. The summed E-state index contributed by atoms with van der Waals surface area (Å²) in [7, 11) is 0. The van der Waals surface area contributed by atoms with Crippen LogP contribution in [0.1, 0.15) is 28.9 Å². The first-order valence-corrected chi connectivity index (χ1v) is 6.82. The third-order valence-corrected chi connectivity index (χ3v) is 3.61. The second kappa shape index (κ2) is 6.05. The summed E-state index contributed by atoms with van der Waals surface area (Å²) in [6, 6.07) is 11.1. The number of halogens is 2. The molecular weight excluding hydrogens is 325 g/mol. The molecule has 0 aliphatic heterocycles. The van der Waals surface area contributed by atoms with Crippen LogP contribution in [0, 0.1) is 5.82 Å². The lowest BCUT2D eigenvalue weighted by molar-refractivity contribution is 0.0697. The summed E-state index contributed by atoms with van der Waals surface area (Å²) in [5, 5.41) is 12.3. The van der Waals surface area contributed by atoms with Gasteiger partial charge in [0.25, 0.3) is 0 Å². The topological polar surface area (TPSA) is 49.3 Å². The molecule has 0 bridgehead atoms. The van der Waals surface area contributed by atoms with E-state index < -0.39 is 5.97 Å². The van der Waals surface area contributed by atoms with E-state index in [0.717, 1.165) is 5.56 Å². The molecule has 20 heavy (non-hydrogen) atoms. The summed E-state index contributed by atoms with van der Waals surface area (Å²) >= 11 is 3.22. The van der Waals surface area contributed by atoms with Crippen molar-refractivity contribution in [2.45, 2.75) is 13.0 Å². The van der Waals surface area contributed by atoms with Gasteiger partial charge < -0.3 is 10.4 Å². The number of hydrogen-bond acceptors (Lipinski definition) is 2. The van der Waals surface area contributed by atoms with Crippen molar-refractivity contribution in [1.82, 2.24) is 0 Å². The maximum Gasteiger partial charge on any atom is 0.338 e. The number of nitrogens with one attached hydrogen (secondary N) is 1. The molecule has 2 rings (SSSR count). The summed E-state index contributed by atoms with van der Waals surface area (Å²) in [5.41, 5.74) is 1.40. The van der Waals surface area contributed by atoms with Crippen molar-refractivity contribution in [3.05, 3.63) is 63.9 Å². The highest BCUT2D eigenvalue weighted by molar-refractivity contribution is 9.10. The Labute approximate surface area is 124 Å². The van der Waals surface area contributed by atoms with E-state index in [1.165, 1.54) is 12.1 Å². The van der Waals surface area contributed by atoms with Gasteiger partial charge in [-0.2, -0.15) is 0 Å². The van der Waals surface area contributed by atoms with E-state index in [9.17, 15) is 14.3 Å². The minimum absolute atomic E-state index is 0.163. The Morgan fingerprint density at radius 1 is 1.30 bits per heavy atom. The lowest BCUT2D eigenvalue weighted by Gasteiger charge is -2.18. The molecule has 0 saturated carbocycles. The molecule has 0 aliphatic rings. The highest BCUT2D eigenvalue weighted by Gasteiger charge is 2.16. The Kier molecular flexibility index (Phi) is 4.39. The van der Waals surface area contributed by atoms with Crippen molar-refractivity contribution in [2.75, 3.05) is 5.32 Å². The fourth-order valence-corrected chi connectivity index (χ4v) is 2.49. The molecule has 3 nitrogen and oxygen atoms in total. The van der Waals surface area contributed by atoms with Crippen molar-refractivity contribution < 1.29 is 14.3 Å². The molecule has 0 heterocycles. The van der Waals surface area contributed by atoms with Gasteiger partial charge in [-0.05, 0) is 52.7 Å². The van der Waals surface area contributed by atoms with Crippen molar-refractivity contribution in [2.24, 2.45) is 0 Å². The summed E-state index contributed by atoms with van der Waals surface area (Å²) in [5.74, 6) is -1.34. The van der Waals surface area contributed by atoms with Gasteiger partial charge in [-0.3, -0.25) is 0 Å².